The van der Waals surface area contributed by atoms with Gasteiger partial charge in [0, 0.05) is 23.5 Å². The Hall–Kier alpha value is -1.23. The smallest absolute Gasteiger partial charge is 0.123 e. The van der Waals surface area contributed by atoms with E-state index in [4.69, 9.17) is 5.73 Å². The first-order valence-electron chi connectivity index (χ1n) is 7.29. The zero-order valence-corrected chi connectivity index (χ0v) is 13.5. The maximum atomic E-state index is 13.4. The molecule has 1 unspecified atom stereocenters. The first-order valence-corrected chi connectivity index (χ1v) is 8.17. The summed E-state index contributed by atoms with van der Waals surface area (Å²) in [6, 6.07) is 11.0. The molecule has 0 aliphatic rings. The highest BCUT2D eigenvalue weighted by Crippen LogP contribution is 2.24. The van der Waals surface area contributed by atoms with Gasteiger partial charge < -0.3 is 5.73 Å². The predicted octanol–water partition coefficient (Wildman–Crippen LogP) is 3.67. The third-order valence-electron chi connectivity index (χ3n) is 3.99. The minimum Gasteiger partial charge on any atom is -0.329 e. The van der Waals surface area contributed by atoms with Crippen LogP contribution < -0.4 is 5.73 Å². The number of likely N-dealkylation sites (N-methyl/N-ethyl adjacent to an activating group) is 1. The van der Waals surface area contributed by atoms with Gasteiger partial charge in [0.15, 0.2) is 0 Å². The molecule has 4 heteroatoms. The number of rotatable bonds is 7. The van der Waals surface area contributed by atoms with E-state index in [1.54, 1.807) is 23.5 Å². The van der Waals surface area contributed by atoms with Crippen molar-refractivity contribution in [3.8, 4) is 0 Å². The second-order valence-corrected chi connectivity index (χ2v) is 6.63. The molecule has 0 saturated heterocycles. The first kappa shape index (κ1) is 16.1. The normalized spacial score (nSPS) is 14.3. The van der Waals surface area contributed by atoms with Crippen LogP contribution in [0.25, 0.3) is 0 Å². The standard InChI is InChI=1S/C17H23FN2S/c1-3-20(12-16-8-5-9-21-16)17(2,13-19)11-14-6-4-7-15(18)10-14/h4-10H,3,11-13,19H2,1-2H3. The fourth-order valence-electron chi connectivity index (χ4n) is 2.67. The lowest BCUT2D eigenvalue weighted by molar-refractivity contribution is 0.109. The molecule has 0 aliphatic carbocycles. The largest absolute Gasteiger partial charge is 0.329 e. The lowest BCUT2D eigenvalue weighted by atomic mass is 9.90. The molecule has 0 bridgehead atoms. The van der Waals surface area contributed by atoms with E-state index in [0.29, 0.717) is 6.54 Å². The highest BCUT2D eigenvalue weighted by Gasteiger charge is 2.30. The molecule has 2 N–H and O–H groups in total. The van der Waals surface area contributed by atoms with Crippen LogP contribution in [-0.2, 0) is 13.0 Å². The summed E-state index contributed by atoms with van der Waals surface area (Å²) in [5, 5.41) is 2.09. The van der Waals surface area contributed by atoms with E-state index < -0.39 is 0 Å². The Balaban J connectivity index is 2.17. The van der Waals surface area contributed by atoms with E-state index in [9.17, 15) is 4.39 Å². The van der Waals surface area contributed by atoms with Crippen molar-refractivity contribution < 1.29 is 4.39 Å². The number of nitrogens with two attached hydrogens (primary N) is 1. The highest BCUT2D eigenvalue weighted by atomic mass is 32.1. The topological polar surface area (TPSA) is 29.3 Å². The van der Waals surface area contributed by atoms with Crippen molar-refractivity contribution in [2.75, 3.05) is 13.1 Å². The van der Waals surface area contributed by atoms with Gasteiger partial charge in [-0.15, -0.1) is 11.3 Å². The fraction of sp³-hybridized carbons (Fsp3) is 0.412. The van der Waals surface area contributed by atoms with Crippen molar-refractivity contribution in [1.82, 2.24) is 4.90 Å². The second kappa shape index (κ2) is 7.16. The Kier molecular flexibility index (Phi) is 5.51. The molecule has 0 saturated carbocycles. The van der Waals surface area contributed by atoms with Gasteiger partial charge in [-0.2, -0.15) is 0 Å². The van der Waals surface area contributed by atoms with Crippen molar-refractivity contribution in [3.63, 3.8) is 0 Å². The molecule has 2 nitrogen and oxygen atoms in total. The Morgan fingerprint density at radius 1 is 1.29 bits per heavy atom. The van der Waals surface area contributed by atoms with Crippen molar-refractivity contribution in [2.24, 2.45) is 5.73 Å². The lowest BCUT2D eigenvalue weighted by Gasteiger charge is -2.40. The summed E-state index contributed by atoms with van der Waals surface area (Å²) in [5.74, 6) is -0.187. The molecular formula is C17H23FN2S. The first-order chi connectivity index (χ1) is 10.1. The van der Waals surface area contributed by atoms with Crippen LogP contribution in [0.4, 0.5) is 4.39 Å². The van der Waals surface area contributed by atoms with Gasteiger partial charge in [-0.05, 0) is 49.0 Å². The summed E-state index contributed by atoms with van der Waals surface area (Å²) in [6.45, 7) is 6.66. The number of hydrogen-bond acceptors (Lipinski definition) is 3. The SMILES string of the molecule is CCN(Cc1cccs1)C(C)(CN)Cc1cccc(F)c1. The molecule has 0 fully saturated rings. The third-order valence-corrected chi connectivity index (χ3v) is 4.85. The quantitative estimate of drug-likeness (QED) is 0.845. The maximum absolute atomic E-state index is 13.4. The van der Waals surface area contributed by atoms with Crippen LogP contribution in [0, 0.1) is 5.82 Å². The molecule has 2 rings (SSSR count). The molecule has 0 amide bonds. The second-order valence-electron chi connectivity index (χ2n) is 5.60. The molecule has 2 aromatic rings. The molecule has 1 aromatic carbocycles. The summed E-state index contributed by atoms with van der Waals surface area (Å²) < 4.78 is 13.4. The molecule has 21 heavy (non-hydrogen) atoms. The Morgan fingerprint density at radius 2 is 2.10 bits per heavy atom. The van der Waals surface area contributed by atoms with Gasteiger partial charge in [0.1, 0.15) is 5.82 Å². The van der Waals surface area contributed by atoms with Crippen molar-refractivity contribution in [3.05, 3.63) is 58.0 Å². The van der Waals surface area contributed by atoms with E-state index in [1.807, 2.05) is 6.07 Å². The van der Waals surface area contributed by atoms with Crippen LogP contribution in [-0.4, -0.2) is 23.5 Å². The molecule has 0 aliphatic heterocycles. The highest BCUT2D eigenvalue weighted by molar-refractivity contribution is 7.09. The van der Waals surface area contributed by atoms with Crippen LogP contribution in [0.15, 0.2) is 41.8 Å². The summed E-state index contributed by atoms with van der Waals surface area (Å²) in [7, 11) is 0. The number of halogens is 1. The molecule has 1 atom stereocenters. The summed E-state index contributed by atoms with van der Waals surface area (Å²) in [6.07, 6.45) is 0.750. The fourth-order valence-corrected chi connectivity index (χ4v) is 3.39. The van der Waals surface area contributed by atoms with Gasteiger partial charge in [-0.3, -0.25) is 4.90 Å². The Morgan fingerprint density at radius 3 is 2.67 bits per heavy atom. The molecule has 114 valence electrons. The average Bonchev–Trinajstić information content (AvgIpc) is 2.97. The van der Waals surface area contributed by atoms with Gasteiger partial charge in [0.05, 0.1) is 0 Å². The number of nitrogens with zero attached hydrogens (tertiary/aromatic N) is 1. The Labute approximate surface area is 130 Å². The number of thiophene rings is 1. The van der Waals surface area contributed by atoms with Crippen LogP contribution in [0.2, 0.25) is 0 Å². The molecule has 1 aromatic heterocycles. The molecule has 0 spiro atoms. The van der Waals surface area contributed by atoms with Crippen LogP contribution in [0.5, 0.6) is 0 Å². The monoisotopic (exact) mass is 306 g/mol. The van der Waals surface area contributed by atoms with Crippen molar-refractivity contribution in [2.45, 2.75) is 32.4 Å². The van der Waals surface area contributed by atoms with Crippen LogP contribution >= 0.6 is 11.3 Å². The van der Waals surface area contributed by atoms with E-state index in [0.717, 1.165) is 25.1 Å². The van der Waals surface area contributed by atoms with Gasteiger partial charge in [0.2, 0.25) is 0 Å². The van der Waals surface area contributed by atoms with Crippen LogP contribution in [0.3, 0.4) is 0 Å². The summed E-state index contributed by atoms with van der Waals surface area (Å²) >= 11 is 1.76. The summed E-state index contributed by atoms with van der Waals surface area (Å²) in [4.78, 5) is 3.71. The zero-order valence-electron chi connectivity index (χ0n) is 12.7. The van der Waals surface area contributed by atoms with Gasteiger partial charge in [-0.25, -0.2) is 4.39 Å². The van der Waals surface area contributed by atoms with E-state index in [-0.39, 0.29) is 11.4 Å². The summed E-state index contributed by atoms with van der Waals surface area (Å²) in [5.41, 5.74) is 6.89. The minimum absolute atomic E-state index is 0.174. The van der Waals surface area contributed by atoms with E-state index in [2.05, 4.69) is 36.3 Å². The van der Waals surface area contributed by atoms with E-state index in [1.165, 1.54) is 10.9 Å². The molecule has 1 heterocycles. The van der Waals surface area contributed by atoms with E-state index >= 15 is 0 Å². The van der Waals surface area contributed by atoms with Crippen LogP contribution in [0.1, 0.15) is 24.3 Å². The number of benzene rings is 1. The van der Waals surface area contributed by atoms with Gasteiger partial charge in [-0.1, -0.05) is 25.1 Å². The lowest BCUT2D eigenvalue weighted by Crippen LogP contribution is -2.52. The minimum atomic E-state index is -0.187. The predicted molar refractivity (Wildman–Crippen MR) is 88.0 cm³/mol. The van der Waals surface area contributed by atoms with Gasteiger partial charge in [0.25, 0.3) is 0 Å². The average molecular weight is 306 g/mol. The molecule has 0 radical (unpaired) electrons. The van der Waals surface area contributed by atoms with Crippen molar-refractivity contribution in [1.29, 1.82) is 0 Å². The third kappa shape index (κ3) is 4.13. The number of hydrogen-bond donors (Lipinski definition) is 1. The molecular weight excluding hydrogens is 283 g/mol. The van der Waals surface area contributed by atoms with Crippen molar-refractivity contribution >= 4 is 11.3 Å². The van der Waals surface area contributed by atoms with Gasteiger partial charge >= 0.3 is 0 Å². The maximum Gasteiger partial charge on any atom is 0.123 e. The zero-order chi connectivity index (χ0) is 15.3. The Bertz CT molecular complexity index is 556.